The number of methoxy groups -OCH3 is 2. The first-order valence-corrected chi connectivity index (χ1v) is 8.92. The second kappa shape index (κ2) is 9.82. The van der Waals surface area contributed by atoms with E-state index in [-0.39, 0.29) is 5.91 Å². The smallest absolute Gasteiger partial charge is 0.255 e. The second-order valence-corrected chi connectivity index (χ2v) is 5.95. The zero-order valence-corrected chi connectivity index (χ0v) is 16.0. The van der Waals surface area contributed by atoms with Crippen LogP contribution >= 0.6 is 0 Å². The van der Waals surface area contributed by atoms with Gasteiger partial charge in [-0.15, -0.1) is 0 Å². The van der Waals surface area contributed by atoms with Gasteiger partial charge in [0, 0.05) is 13.1 Å². The summed E-state index contributed by atoms with van der Waals surface area (Å²) in [7, 11) is 3.09. The van der Waals surface area contributed by atoms with E-state index in [0.29, 0.717) is 23.6 Å². The number of hydrogen-bond donors (Lipinski definition) is 1. The summed E-state index contributed by atoms with van der Waals surface area (Å²) in [5.41, 5.74) is 2.82. The van der Waals surface area contributed by atoms with Gasteiger partial charge < -0.3 is 14.8 Å². The molecule has 0 unspecified atom stereocenters. The van der Waals surface area contributed by atoms with Crippen LogP contribution < -0.4 is 14.8 Å². The Kier molecular flexibility index (Phi) is 7.48. The lowest BCUT2D eigenvalue weighted by Gasteiger charge is -2.20. The lowest BCUT2D eigenvalue weighted by molar-refractivity contribution is 0.0947. The minimum atomic E-state index is -0.182. The molecule has 0 heterocycles. The molecule has 140 valence electrons. The van der Waals surface area contributed by atoms with Crippen molar-refractivity contribution in [1.82, 2.24) is 10.2 Å². The maximum atomic E-state index is 12.7. The predicted octanol–water partition coefficient (Wildman–Crippen LogP) is 3.48. The number of amides is 1. The Hall–Kier alpha value is -2.53. The molecule has 0 radical (unpaired) electrons. The molecule has 0 atom stereocenters. The zero-order valence-electron chi connectivity index (χ0n) is 16.0. The van der Waals surface area contributed by atoms with E-state index in [1.165, 1.54) is 12.7 Å². The first-order valence-electron chi connectivity index (χ1n) is 8.92. The number of para-hydroxylation sites is 1. The topological polar surface area (TPSA) is 50.8 Å². The lowest BCUT2D eigenvalue weighted by atomic mass is 10.1. The number of benzene rings is 2. The molecule has 1 amide bonds. The van der Waals surface area contributed by atoms with Crippen LogP contribution in [-0.2, 0) is 13.1 Å². The van der Waals surface area contributed by atoms with E-state index < -0.39 is 0 Å². The van der Waals surface area contributed by atoms with E-state index in [0.717, 1.165) is 25.2 Å². The molecule has 2 aromatic carbocycles. The molecule has 0 saturated heterocycles. The lowest BCUT2D eigenvalue weighted by Crippen LogP contribution is -2.26. The van der Waals surface area contributed by atoms with Crippen LogP contribution in [0.15, 0.2) is 42.5 Å². The average molecular weight is 356 g/mol. The molecule has 2 aromatic rings. The second-order valence-electron chi connectivity index (χ2n) is 5.95. The Morgan fingerprint density at radius 2 is 1.65 bits per heavy atom. The maximum absolute atomic E-state index is 12.7. The Labute approximate surface area is 155 Å². The predicted molar refractivity (Wildman–Crippen MR) is 104 cm³/mol. The molecule has 0 spiro atoms. The summed E-state index contributed by atoms with van der Waals surface area (Å²) in [6.45, 7) is 7.65. The number of carbonyl (C=O) groups is 1. The minimum Gasteiger partial charge on any atom is -0.493 e. The fourth-order valence-electron chi connectivity index (χ4n) is 2.91. The van der Waals surface area contributed by atoms with Crippen molar-refractivity contribution in [1.29, 1.82) is 0 Å². The van der Waals surface area contributed by atoms with E-state index in [1.807, 2.05) is 12.1 Å². The molecule has 26 heavy (non-hydrogen) atoms. The quantitative estimate of drug-likeness (QED) is 0.747. The van der Waals surface area contributed by atoms with Gasteiger partial charge in [0.1, 0.15) is 0 Å². The number of hydrogen-bond acceptors (Lipinski definition) is 4. The normalized spacial score (nSPS) is 10.7. The highest BCUT2D eigenvalue weighted by atomic mass is 16.5. The van der Waals surface area contributed by atoms with Crippen LogP contribution in [0.2, 0.25) is 0 Å². The van der Waals surface area contributed by atoms with Crippen molar-refractivity contribution in [2.24, 2.45) is 0 Å². The third kappa shape index (κ3) is 4.76. The number of ether oxygens (including phenoxy) is 2. The summed E-state index contributed by atoms with van der Waals surface area (Å²) in [6.07, 6.45) is 0. The number of nitrogens with zero attached hydrogens (tertiary/aromatic N) is 1. The van der Waals surface area contributed by atoms with Gasteiger partial charge in [-0.3, -0.25) is 9.69 Å². The zero-order chi connectivity index (χ0) is 18.9. The molecule has 0 fully saturated rings. The molecule has 0 saturated carbocycles. The van der Waals surface area contributed by atoms with Crippen molar-refractivity contribution in [2.75, 3.05) is 27.3 Å². The van der Waals surface area contributed by atoms with Crippen LogP contribution in [-0.4, -0.2) is 38.1 Å². The Morgan fingerprint density at radius 1 is 0.962 bits per heavy atom. The highest BCUT2D eigenvalue weighted by Gasteiger charge is 2.16. The third-order valence-electron chi connectivity index (χ3n) is 4.49. The first kappa shape index (κ1) is 19.8. The summed E-state index contributed by atoms with van der Waals surface area (Å²) in [6, 6.07) is 13.5. The number of nitrogens with one attached hydrogen (secondary N) is 1. The maximum Gasteiger partial charge on any atom is 0.255 e. The molecule has 1 N–H and O–H groups in total. The average Bonchev–Trinajstić information content (AvgIpc) is 2.70. The molecular weight excluding hydrogens is 328 g/mol. The summed E-state index contributed by atoms with van der Waals surface area (Å²) in [5.74, 6) is 0.810. The molecule has 2 rings (SSSR count). The SMILES string of the molecule is CCN(CC)Cc1ccccc1CNC(=O)c1cccc(OC)c1OC. The molecule has 0 aromatic heterocycles. The Bertz CT molecular complexity index is 727. The highest BCUT2D eigenvalue weighted by molar-refractivity contribution is 5.97. The van der Waals surface area contributed by atoms with Gasteiger partial charge in [0.05, 0.1) is 19.8 Å². The van der Waals surface area contributed by atoms with Crippen LogP contribution in [0.3, 0.4) is 0 Å². The van der Waals surface area contributed by atoms with Gasteiger partial charge in [0.25, 0.3) is 5.91 Å². The van der Waals surface area contributed by atoms with E-state index in [1.54, 1.807) is 25.3 Å². The summed E-state index contributed by atoms with van der Waals surface area (Å²) < 4.78 is 10.6. The Morgan fingerprint density at radius 3 is 2.27 bits per heavy atom. The molecule has 0 bridgehead atoms. The van der Waals surface area contributed by atoms with Crippen molar-refractivity contribution < 1.29 is 14.3 Å². The summed E-state index contributed by atoms with van der Waals surface area (Å²) >= 11 is 0. The molecule has 0 aliphatic carbocycles. The van der Waals surface area contributed by atoms with Crippen molar-refractivity contribution in [3.8, 4) is 11.5 Å². The highest BCUT2D eigenvalue weighted by Crippen LogP contribution is 2.30. The van der Waals surface area contributed by atoms with Gasteiger partial charge in [-0.1, -0.05) is 44.2 Å². The molecule has 0 aliphatic heterocycles. The fraction of sp³-hybridized carbons (Fsp3) is 0.381. The van der Waals surface area contributed by atoms with Crippen LogP contribution in [0.4, 0.5) is 0 Å². The van der Waals surface area contributed by atoms with E-state index in [9.17, 15) is 4.79 Å². The number of rotatable bonds is 9. The number of carbonyl (C=O) groups excluding carboxylic acids is 1. The van der Waals surface area contributed by atoms with Gasteiger partial charge >= 0.3 is 0 Å². The van der Waals surface area contributed by atoms with E-state index in [4.69, 9.17) is 9.47 Å². The summed E-state index contributed by atoms with van der Waals surface area (Å²) in [4.78, 5) is 15.0. The molecular formula is C21H28N2O3. The van der Waals surface area contributed by atoms with Gasteiger partial charge in [-0.05, 0) is 36.3 Å². The third-order valence-corrected chi connectivity index (χ3v) is 4.49. The minimum absolute atomic E-state index is 0.182. The van der Waals surface area contributed by atoms with Gasteiger partial charge in [0.15, 0.2) is 11.5 Å². The fourth-order valence-corrected chi connectivity index (χ4v) is 2.91. The summed E-state index contributed by atoms with van der Waals surface area (Å²) in [5, 5.41) is 3.00. The van der Waals surface area contributed by atoms with Crippen LogP contribution in [0, 0.1) is 0 Å². The Balaban J connectivity index is 2.13. The van der Waals surface area contributed by atoms with Crippen molar-refractivity contribution in [3.05, 3.63) is 59.2 Å². The van der Waals surface area contributed by atoms with Crippen LogP contribution in [0.5, 0.6) is 11.5 Å². The van der Waals surface area contributed by atoms with Crippen LogP contribution in [0.25, 0.3) is 0 Å². The van der Waals surface area contributed by atoms with Crippen LogP contribution in [0.1, 0.15) is 35.3 Å². The van der Waals surface area contributed by atoms with Crippen molar-refractivity contribution in [2.45, 2.75) is 26.9 Å². The largest absolute Gasteiger partial charge is 0.493 e. The standard InChI is InChI=1S/C21H28N2O3/c1-5-23(6-2)15-17-11-8-7-10-16(17)14-22-21(24)18-12-9-13-19(25-3)20(18)26-4/h7-13H,5-6,14-15H2,1-4H3,(H,22,24). The van der Waals surface area contributed by atoms with E-state index >= 15 is 0 Å². The monoisotopic (exact) mass is 356 g/mol. The van der Waals surface area contributed by atoms with Gasteiger partial charge in [-0.2, -0.15) is 0 Å². The first-order chi connectivity index (χ1) is 12.6. The van der Waals surface area contributed by atoms with Gasteiger partial charge in [0.2, 0.25) is 0 Å². The van der Waals surface area contributed by atoms with Gasteiger partial charge in [-0.25, -0.2) is 0 Å². The van der Waals surface area contributed by atoms with Crippen molar-refractivity contribution in [3.63, 3.8) is 0 Å². The molecule has 0 aliphatic rings. The molecule has 5 heteroatoms. The van der Waals surface area contributed by atoms with Crippen molar-refractivity contribution >= 4 is 5.91 Å². The molecule has 5 nitrogen and oxygen atoms in total. The van der Waals surface area contributed by atoms with E-state index in [2.05, 4.69) is 36.2 Å².